The van der Waals surface area contributed by atoms with E-state index in [0.29, 0.717) is 11.3 Å². The Bertz CT molecular complexity index is 990. The van der Waals surface area contributed by atoms with E-state index in [2.05, 4.69) is 39.9 Å². The van der Waals surface area contributed by atoms with Crippen LogP contribution in [0.25, 0.3) is 0 Å². The zero-order valence-corrected chi connectivity index (χ0v) is 15.6. The van der Waals surface area contributed by atoms with Gasteiger partial charge in [-0.15, -0.1) is 11.3 Å². The molecule has 0 spiro atoms. The molecule has 1 atom stereocenters. The fraction of sp³-hybridized carbons (Fsp3) is 0.182. The number of fused-ring (bicyclic) bond motifs is 1. The highest BCUT2D eigenvalue weighted by atomic mass is 32.1. The topological polar surface area (TPSA) is 56.1 Å². The first-order valence-corrected chi connectivity index (χ1v) is 9.78. The first kappa shape index (κ1) is 17.5. The second-order valence-corrected chi connectivity index (χ2v) is 7.54. The van der Waals surface area contributed by atoms with Crippen LogP contribution in [0, 0.1) is 11.3 Å². The van der Waals surface area contributed by atoms with Crippen LogP contribution in [0.2, 0.25) is 0 Å². The van der Waals surface area contributed by atoms with Gasteiger partial charge < -0.3 is 5.32 Å². The fourth-order valence-corrected chi connectivity index (χ4v) is 4.53. The van der Waals surface area contributed by atoms with E-state index >= 15 is 0 Å². The van der Waals surface area contributed by atoms with E-state index in [1.807, 2.05) is 24.3 Å². The molecule has 0 radical (unpaired) electrons. The molecule has 1 aliphatic heterocycles. The molecule has 2 heterocycles. The Balaban J connectivity index is 1.57. The number of thiophene rings is 1. The van der Waals surface area contributed by atoms with Crippen LogP contribution < -0.4 is 5.32 Å². The van der Waals surface area contributed by atoms with Crippen molar-refractivity contribution in [2.45, 2.75) is 12.5 Å². The van der Waals surface area contributed by atoms with Gasteiger partial charge in [-0.05, 0) is 41.1 Å². The monoisotopic (exact) mass is 373 g/mol. The minimum absolute atomic E-state index is 0.0816. The summed E-state index contributed by atoms with van der Waals surface area (Å²) in [7, 11) is 0. The Labute approximate surface area is 162 Å². The van der Waals surface area contributed by atoms with E-state index in [4.69, 9.17) is 0 Å². The standard InChI is InChI=1S/C22H19N3OS/c23-14-17-8-4-5-9-19(17)24-21(26)15-25-12-10-20-18(11-13-27-20)22(25)16-6-2-1-3-7-16/h1-9,11,13,22H,10,12,15H2,(H,24,26). The maximum atomic E-state index is 12.7. The van der Waals surface area contributed by atoms with E-state index in [-0.39, 0.29) is 18.5 Å². The number of rotatable bonds is 4. The molecule has 1 unspecified atom stereocenters. The third-order valence-corrected chi connectivity index (χ3v) is 5.85. The number of para-hydroxylation sites is 1. The summed E-state index contributed by atoms with van der Waals surface area (Å²) in [4.78, 5) is 16.3. The van der Waals surface area contributed by atoms with Gasteiger partial charge in [0.1, 0.15) is 6.07 Å². The molecular formula is C22H19N3OS. The molecular weight excluding hydrogens is 354 g/mol. The molecule has 27 heavy (non-hydrogen) atoms. The minimum Gasteiger partial charge on any atom is -0.324 e. The Kier molecular flexibility index (Phi) is 5.01. The predicted molar refractivity (Wildman–Crippen MR) is 108 cm³/mol. The zero-order chi connectivity index (χ0) is 18.6. The molecule has 4 nitrogen and oxygen atoms in total. The summed E-state index contributed by atoms with van der Waals surface area (Å²) < 4.78 is 0. The number of benzene rings is 2. The van der Waals surface area contributed by atoms with Gasteiger partial charge in [-0.2, -0.15) is 5.26 Å². The SMILES string of the molecule is N#Cc1ccccc1NC(=O)CN1CCc2sccc2C1c1ccccc1. The summed E-state index contributed by atoms with van der Waals surface area (Å²) >= 11 is 1.79. The summed E-state index contributed by atoms with van der Waals surface area (Å²) in [6.45, 7) is 1.12. The van der Waals surface area contributed by atoms with E-state index in [1.165, 1.54) is 16.0 Å². The van der Waals surface area contributed by atoms with Crippen LogP contribution in [0.15, 0.2) is 66.0 Å². The molecule has 0 saturated heterocycles. The Morgan fingerprint density at radius 2 is 1.93 bits per heavy atom. The van der Waals surface area contributed by atoms with Crippen LogP contribution >= 0.6 is 11.3 Å². The lowest BCUT2D eigenvalue weighted by molar-refractivity contribution is -0.117. The molecule has 1 aliphatic rings. The Morgan fingerprint density at radius 3 is 2.74 bits per heavy atom. The largest absolute Gasteiger partial charge is 0.324 e. The van der Waals surface area contributed by atoms with Crippen LogP contribution in [0.5, 0.6) is 0 Å². The highest BCUT2D eigenvalue weighted by Crippen LogP contribution is 2.37. The summed E-state index contributed by atoms with van der Waals surface area (Å²) in [5.74, 6) is -0.0997. The van der Waals surface area contributed by atoms with Crippen LogP contribution in [-0.4, -0.2) is 23.9 Å². The number of nitriles is 1. The van der Waals surface area contributed by atoms with Gasteiger partial charge >= 0.3 is 0 Å². The molecule has 0 bridgehead atoms. The lowest BCUT2D eigenvalue weighted by Crippen LogP contribution is -2.40. The molecule has 4 rings (SSSR count). The lowest BCUT2D eigenvalue weighted by Gasteiger charge is -2.35. The molecule has 0 fully saturated rings. The summed E-state index contributed by atoms with van der Waals surface area (Å²) in [6, 6.07) is 21.8. The molecule has 2 aromatic carbocycles. The van der Waals surface area contributed by atoms with Gasteiger partial charge in [0.15, 0.2) is 0 Å². The van der Waals surface area contributed by atoms with Gasteiger partial charge in [-0.3, -0.25) is 9.69 Å². The summed E-state index contributed by atoms with van der Waals surface area (Å²) in [5, 5.41) is 14.2. The van der Waals surface area contributed by atoms with Crippen molar-refractivity contribution in [3.8, 4) is 6.07 Å². The van der Waals surface area contributed by atoms with Gasteiger partial charge in [0.25, 0.3) is 0 Å². The smallest absolute Gasteiger partial charge is 0.238 e. The second kappa shape index (κ2) is 7.75. The van der Waals surface area contributed by atoms with Crippen LogP contribution in [0.1, 0.15) is 27.6 Å². The maximum Gasteiger partial charge on any atom is 0.238 e. The molecule has 134 valence electrons. The van der Waals surface area contributed by atoms with Gasteiger partial charge in [-0.25, -0.2) is 0 Å². The quantitative estimate of drug-likeness (QED) is 0.745. The van der Waals surface area contributed by atoms with Gasteiger partial charge in [0, 0.05) is 11.4 Å². The van der Waals surface area contributed by atoms with E-state index in [0.717, 1.165) is 13.0 Å². The number of anilines is 1. The molecule has 3 aromatic rings. The number of hydrogen-bond donors (Lipinski definition) is 1. The molecule has 1 N–H and O–H groups in total. The third kappa shape index (κ3) is 3.63. The molecule has 1 amide bonds. The van der Waals surface area contributed by atoms with E-state index in [9.17, 15) is 10.1 Å². The number of hydrogen-bond acceptors (Lipinski definition) is 4. The van der Waals surface area contributed by atoms with Crippen molar-refractivity contribution in [2.24, 2.45) is 0 Å². The molecule has 0 aliphatic carbocycles. The number of carbonyl (C=O) groups excluding carboxylic acids is 1. The highest BCUT2D eigenvalue weighted by Gasteiger charge is 2.30. The fourth-order valence-electron chi connectivity index (χ4n) is 3.63. The van der Waals surface area contributed by atoms with Gasteiger partial charge in [-0.1, -0.05) is 42.5 Å². The number of amides is 1. The number of carbonyl (C=O) groups is 1. The Morgan fingerprint density at radius 1 is 1.15 bits per heavy atom. The van der Waals surface area contributed by atoms with Crippen molar-refractivity contribution in [2.75, 3.05) is 18.4 Å². The molecule has 0 saturated carbocycles. The van der Waals surface area contributed by atoms with Crippen LogP contribution in [0.4, 0.5) is 5.69 Å². The summed E-state index contributed by atoms with van der Waals surface area (Å²) in [6.07, 6.45) is 0.957. The Hall–Kier alpha value is -2.94. The third-order valence-electron chi connectivity index (χ3n) is 4.85. The lowest BCUT2D eigenvalue weighted by atomic mass is 9.93. The van der Waals surface area contributed by atoms with Crippen molar-refractivity contribution >= 4 is 22.9 Å². The molecule has 1 aromatic heterocycles. The average Bonchev–Trinajstić information content (AvgIpc) is 3.17. The van der Waals surface area contributed by atoms with Crippen molar-refractivity contribution in [1.82, 2.24) is 4.90 Å². The first-order valence-electron chi connectivity index (χ1n) is 8.90. The van der Waals surface area contributed by atoms with Crippen molar-refractivity contribution in [1.29, 1.82) is 5.26 Å². The maximum absolute atomic E-state index is 12.7. The van der Waals surface area contributed by atoms with E-state index in [1.54, 1.807) is 29.5 Å². The second-order valence-electron chi connectivity index (χ2n) is 6.54. The average molecular weight is 373 g/mol. The highest BCUT2D eigenvalue weighted by molar-refractivity contribution is 7.10. The van der Waals surface area contributed by atoms with Crippen molar-refractivity contribution in [3.63, 3.8) is 0 Å². The zero-order valence-electron chi connectivity index (χ0n) is 14.8. The minimum atomic E-state index is -0.0997. The van der Waals surface area contributed by atoms with Gasteiger partial charge in [0.05, 0.1) is 23.8 Å². The first-order chi connectivity index (χ1) is 13.3. The van der Waals surface area contributed by atoms with E-state index < -0.39 is 0 Å². The van der Waals surface area contributed by atoms with Crippen LogP contribution in [-0.2, 0) is 11.2 Å². The van der Waals surface area contributed by atoms with Gasteiger partial charge in [0.2, 0.25) is 5.91 Å². The number of nitrogens with zero attached hydrogens (tertiary/aromatic N) is 2. The van der Waals surface area contributed by atoms with Crippen molar-refractivity contribution < 1.29 is 4.79 Å². The number of nitrogens with one attached hydrogen (secondary N) is 1. The molecule has 5 heteroatoms. The summed E-state index contributed by atoms with van der Waals surface area (Å²) in [5.41, 5.74) is 3.53. The van der Waals surface area contributed by atoms with Crippen molar-refractivity contribution in [3.05, 3.63) is 87.6 Å². The normalized spacial score (nSPS) is 16.3. The van der Waals surface area contributed by atoms with Crippen LogP contribution in [0.3, 0.4) is 0 Å². The predicted octanol–water partition coefficient (Wildman–Crippen LogP) is 4.21.